The molecule has 0 unspecified atom stereocenters. The molecule has 154 valence electrons. The van der Waals surface area contributed by atoms with Gasteiger partial charge in [-0.3, -0.25) is 4.57 Å². The molecule has 0 spiro atoms. The van der Waals surface area contributed by atoms with Crippen molar-refractivity contribution in [3.05, 3.63) is 58.9 Å². The van der Waals surface area contributed by atoms with Crippen LogP contribution in [0, 0.1) is 4.77 Å². The number of ether oxygens (including phenoxy) is 1. The van der Waals surface area contributed by atoms with Crippen LogP contribution in [0.15, 0.2) is 48.5 Å². The summed E-state index contributed by atoms with van der Waals surface area (Å²) in [5, 5.41) is 4.96. The van der Waals surface area contributed by atoms with Crippen molar-refractivity contribution in [3.8, 4) is 22.8 Å². The van der Waals surface area contributed by atoms with Crippen LogP contribution in [-0.4, -0.2) is 34.5 Å². The summed E-state index contributed by atoms with van der Waals surface area (Å²) in [6.07, 6.45) is 0. The molecule has 0 aliphatic heterocycles. The fourth-order valence-corrected chi connectivity index (χ4v) is 3.81. The molecule has 1 aromatic heterocycles. The highest BCUT2D eigenvalue weighted by molar-refractivity contribution is 7.71. The van der Waals surface area contributed by atoms with E-state index in [1.807, 2.05) is 28.9 Å². The molecule has 0 fully saturated rings. The van der Waals surface area contributed by atoms with Gasteiger partial charge in [0.1, 0.15) is 5.75 Å². The minimum atomic E-state index is 0.383. The van der Waals surface area contributed by atoms with Gasteiger partial charge in [0.05, 0.1) is 25.9 Å². The Balaban J connectivity index is 2.22. The lowest BCUT2D eigenvalue weighted by Crippen LogP contribution is -3.10. The van der Waals surface area contributed by atoms with Crippen LogP contribution in [0.3, 0.4) is 0 Å². The van der Waals surface area contributed by atoms with Gasteiger partial charge in [0.25, 0.3) is 0 Å². The first kappa shape index (κ1) is 21.3. The number of quaternary nitrogens is 1. The zero-order valence-corrected chi connectivity index (χ0v) is 18.8. The lowest BCUT2D eigenvalue weighted by molar-refractivity contribution is -0.920. The minimum Gasteiger partial charge on any atom is -0.497 e. The van der Waals surface area contributed by atoms with Crippen molar-refractivity contribution in [2.24, 2.45) is 0 Å². The molecule has 0 saturated carbocycles. The SMILES string of the molecule is CC[NH+](CC)Cn1nc(-c2ccc(OC)cc2)n(-c2ccccc2C(C)C)c1=S. The Morgan fingerprint density at radius 3 is 2.28 bits per heavy atom. The van der Waals surface area contributed by atoms with E-state index in [4.69, 9.17) is 22.1 Å². The maximum absolute atomic E-state index is 5.93. The number of methoxy groups -OCH3 is 1. The number of aromatic nitrogens is 3. The van der Waals surface area contributed by atoms with E-state index < -0.39 is 0 Å². The summed E-state index contributed by atoms with van der Waals surface area (Å²) in [5.74, 6) is 2.07. The number of nitrogens with one attached hydrogen (secondary N) is 1. The first-order chi connectivity index (χ1) is 14.0. The second-order valence-corrected chi connectivity index (χ2v) is 7.86. The third-order valence-corrected chi connectivity index (χ3v) is 5.75. The maximum atomic E-state index is 5.93. The summed E-state index contributed by atoms with van der Waals surface area (Å²) < 4.78 is 10.1. The maximum Gasteiger partial charge on any atom is 0.207 e. The predicted octanol–water partition coefficient (Wildman–Crippen LogP) is 4.08. The van der Waals surface area contributed by atoms with Gasteiger partial charge in [0, 0.05) is 5.56 Å². The summed E-state index contributed by atoms with van der Waals surface area (Å²) in [4.78, 5) is 1.43. The van der Waals surface area contributed by atoms with E-state index in [9.17, 15) is 0 Å². The van der Waals surface area contributed by atoms with Gasteiger partial charge in [-0.1, -0.05) is 32.0 Å². The van der Waals surface area contributed by atoms with Gasteiger partial charge >= 0.3 is 0 Å². The normalized spacial score (nSPS) is 11.4. The Labute approximate surface area is 178 Å². The van der Waals surface area contributed by atoms with Gasteiger partial charge in [0.2, 0.25) is 4.77 Å². The quantitative estimate of drug-likeness (QED) is 0.568. The van der Waals surface area contributed by atoms with Crippen LogP contribution in [0.5, 0.6) is 5.75 Å². The number of nitrogens with zero attached hydrogens (tertiary/aromatic N) is 3. The van der Waals surface area contributed by atoms with Crippen molar-refractivity contribution >= 4 is 12.2 Å². The molecule has 0 saturated heterocycles. The van der Waals surface area contributed by atoms with Gasteiger partial charge in [-0.15, -0.1) is 5.10 Å². The van der Waals surface area contributed by atoms with E-state index in [0.717, 1.165) is 47.4 Å². The topological polar surface area (TPSA) is 36.4 Å². The smallest absolute Gasteiger partial charge is 0.207 e. The molecule has 3 rings (SSSR count). The molecule has 0 atom stereocenters. The fraction of sp³-hybridized carbons (Fsp3) is 0.391. The fourth-order valence-electron chi connectivity index (χ4n) is 3.52. The van der Waals surface area contributed by atoms with Crippen molar-refractivity contribution < 1.29 is 9.64 Å². The van der Waals surface area contributed by atoms with Crippen LogP contribution >= 0.6 is 12.2 Å². The van der Waals surface area contributed by atoms with Crippen LogP contribution < -0.4 is 9.64 Å². The number of para-hydroxylation sites is 1. The molecule has 2 aromatic carbocycles. The molecule has 29 heavy (non-hydrogen) atoms. The molecule has 3 aromatic rings. The Bertz CT molecular complexity index is 1000. The van der Waals surface area contributed by atoms with Crippen molar-refractivity contribution in [3.63, 3.8) is 0 Å². The van der Waals surface area contributed by atoms with Crippen LogP contribution in [0.25, 0.3) is 17.1 Å². The molecule has 0 amide bonds. The summed E-state index contributed by atoms with van der Waals surface area (Å²) >= 11 is 5.93. The lowest BCUT2D eigenvalue weighted by atomic mass is 10.0. The summed E-state index contributed by atoms with van der Waals surface area (Å²) in [6.45, 7) is 11.6. The molecule has 0 bridgehead atoms. The van der Waals surface area contributed by atoms with Crippen LogP contribution in [-0.2, 0) is 6.67 Å². The zero-order valence-electron chi connectivity index (χ0n) is 18.0. The van der Waals surface area contributed by atoms with Gasteiger partial charge in [-0.05, 0) is 67.9 Å². The summed E-state index contributed by atoms with van der Waals surface area (Å²) in [6, 6.07) is 16.5. The van der Waals surface area contributed by atoms with Gasteiger partial charge in [-0.2, -0.15) is 4.68 Å². The third kappa shape index (κ3) is 4.43. The van der Waals surface area contributed by atoms with Gasteiger partial charge < -0.3 is 9.64 Å². The van der Waals surface area contributed by atoms with Crippen molar-refractivity contribution in [1.29, 1.82) is 0 Å². The molecular formula is C23H31N4OS+. The molecule has 0 aliphatic carbocycles. The Kier molecular flexibility index (Phi) is 6.87. The second kappa shape index (κ2) is 9.37. The monoisotopic (exact) mass is 411 g/mol. The highest BCUT2D eigenvalue weighted by atomic mass is 32.1. The van der Waals surface area contributed by atoms with Crippen LogP contribution in [0.1, 0.15) is 39.2 Å². The van der Waals surface area contributed by atoms with Crippen molar-refractivity contribution in [1.82, 2.24) is 14.3 Å². The van der Waals surface area contributed by atoms with Crippen LogP contribution in [0.2, 0.25) is 0 Å². The number of hydrogen-bond donors (Lipinski definition) is 1. The number of benzene rings is 2. The lowest BCUT2D eigenvalue weighted by Gasteiger charge is -2.16. The molecule has 0 radical (unpaired) electrons. The highest BCUT2D eigenvalue weighted by Gasteiger charge is 2.19. The van der Waals surface area contributed by atoms with Crippen molar-refractivity contribution in [2.75, 3.05) is 20.2 Å². The summed E-state index contributed by atoms with van der Waals surface area (Å²) in [7, 11) is 1.68. The third-order valence-electron chi connectivity index (χ3n) is 5.36. The Hall–Kier alpha value is -2.44. The number of rotatable bonds is 8. The van der Waals surface area contributed by atoms with E-state index in [1.54, 1.807) is 7.11 Å². The van der Waals surface area contributed by atoms with Gasteiger partial charge in [-0.25, -0.2) is 0 Å². The number of hydrogen-bond acceptors (Lipinski definition) is 3. The standard InChI is InChI=1S/C23H30N4OS/c1-6-25(7-2)16-26-23(29)27(21-11-9-8-10-20(21)17(3)4)22(24-26)18-12-14-19(28-5)15-13-18/h8-15,17H,6-7,16H2,1-5H3/p+1. The van der Waals surface area contributed by atoms with Crippen molar-refractivity contribution in [2.45, 2.75) is 40.3 Å². The first-order valence-electron chi connectivity index (χ1n) is 10.3. The predicted molar refractivity (Wildman–Crippen MR) is 121 cm³/mol. The zero-order chi connectivity index (χ0) is 21.0. The average Bonchev–Trinajstić information content (AvgIpc) is 3.07. The van der Waals surface area contributed by atoms with E-state index in [0.29, 0.717) is 5.92 Å². The van der Waals surface area contributed by atoms with Crippen LogP contribution in [0.4, 0.5) is 0 Å². The van der Waals surface area contributed by atoms with E-state index in [1.165, 1.54) is 10.5 Å². The Morgan fingerprint density at radius 1 is 1.03 bits per heavy atom. The molecular weight excluding hydrogens is 380 g/mol. The Morgan fingerprint density at radius 2 is 1.69 bits per heavy atom. The van der Waals surface area contributed by atoms with E-state index in [2.05, 4.69) is 56.5 Å². The molecule has 0 aliphatic rings. The van der Waals surface area contributed by atoms with E-state index in [-0.39, 0.29) is 0 Å². The van der Waals surface area contributed by atoms with E-state index >= 15 is 0 Å². The molecule has 5 nitrogen and oxygen atoms in total. The molecule has 1 N–H and O–H groups in total. The minimum absolute atomic E-state index is 0.383. The first-order valence-corrected chi connectivity index (χ1v) is 10.7. The highest BCUT2D eigenvalue weighted by Crippen LogP contribution is 2.29. The molecule has 1 heterocycles. The largest absolute Gasteiger partial charge is 0.497 e. The second-order valence-electron chi connectivity index (χ2n) is 7.50. The average molecular weight is 412 g/mol. The van der Waals surface area contributed by atoms with Gasteiger partial charge in [0.15, 0.2) is 12.5 Å². The summed E-state index contributed by atoms with van der Waals surface area (Å²) in [5.41, 5.74) is 3.37. The molecule has 6 heteroatoms.